The van der Waals surface area contributed by atoms with Crippen LogP contribution in [0.4, 0.5) is 0 Å². The minimum absolute atomic E-state index is 0.225. The lowest BCUT2D eigenvalue weighted by atomic mass is 10.0. The molecule has 0 radical (unpaired) electrons. The molecule has 0 aliphatic rings. The van der Waals surface area contributed by atoms with E-state index in [9.17, 15) is 9.59 Å². The molecule has 0 unspecified atom stereocenters. The number of unbranched alkanes of at least 4 members (excludes halogenated alkanes) is 18. The highest BCUT2D eigenvalue weighted by Crippen LogP contribution is 2.40. The highest BCUT2D eigenvalue weighted by atomic mass is 32.1. The van der Waals surface area contributed by atoms with E-state index in [1.54, 1.807) is 31.5 Å². The van der Waals surface area contributed by atoms with Crippen LogP contribution in [-0.2, 0) is 12.8 Å². The predicted molar refractivity (Wildman–Crippen MR) is 225 cm³/mol. The Hall–Kier alpha value is -3.56. The van der Waals surface area contributed by atoms with Crippen molar-refractivity contribution in [3.05, 3.63) is 54.7 Å². The average molecular weight is 751 g/mol. The number of nitrogens with zero attached hydrogens (tertiary/aromatic N) is 4. The summed E-state index contributed by atoms with van der Waals surface area (Å²) in [6.45, 7) is 4.54. The van der Waals surface area contributed by atoms with Gasteiger partial charge in [0.05, 0.1) is 11.0 Å². The zero-order valence-corrected chi connectivity index (χ0v) is 33.3. The molecule has 1 aromatic carbocycles. The van der Waals surface area contributed by atoms with E-state index in [2.05, 4.69) is 26.0 Å². The number of aryl methyl sites for hydroxylation is 2. The monoisotopic (exact) mass is 750 g/mol. The van der Waals surface area contributed by atoms with E-state index < -0.39 is 0 Å². The highest BCUT2D eigenvalue weighted by molar-refractivity contribution is 7.19. The Labute approximate surface area is 319 Å². The maximum Gasteiger partial charge on any atom is 0.300 e. The lowest BCUT2D eigenvalue weighted by Gasteiger charge is -2.04. The molecule has 0 spiro atoms. The van der Waals surface area contributed by atoms with E-state index >= 15 is 0 Å². The van der Waals surface area contributed by atoms with Gasteiger partial charge in [-0.3, -0.25) is 18.4 Å². The number of hydrogen-bond donors (Lipinski definition) is 0. The molecule has 280 valence electrons. The van der Waals surface area contributed by atoms with E-state index in [0.717, 1.165) is 57.1 Å². The normalized spacial score (nSPS) is 12.6. The maximum atomic E-state index is 14.2. The fraction of sp³-hybridized carbons (Fsp3) is 0.545. The number of rotatable bonds is 22. The highest BCUT2D eigenvalue weighted by Gasteiger charge is 2.27. The first-order valence-corrected chi connectivity index (χ1v) is 22.4. The topological polar surface area (TPSA) is 81.9 Å². The minimum Gasteiger partial charge on any atom is -0.444 e. The van der Waals surface area contributed by atoms with Crippen molar-refractivity contribution in [1.82, 2.24) is 18.8 Å². The molecule has 0 aliphatic carbocycles. The lowest BCUT2D eigenvalue weighted by Crippen LogP contribution is -2.12. The molecule has 9 heteroatoms. The second-order valence-electron chi connectivity index (χ2n) is 15.5. The van der Waals surface area contributed by atoms with Gasteiger partial charge in [0.25, 0.3) is 0 Å². The number of hydrogen-bond acceptors (Lipinski definition) is 7. The van der Waals surface area contributed by atoms with Crippen LogP contribution in [0.2, 0.25) is 0 Å². The van der Waals surface area contributed by atoms with Crippen LogP contribution >= 0.6 is 22.7 Å². The van der Waals surface area contributed by atoms with Crippen molar-refractivity contribution in [2.45, 2.75) is 155 Å². The molecule has 8 rings (SSSR count). The van der Waals surface area contributed by atoms with Crippen LogP contribution in [-0.4, -0.2) is 18.8 Å². The van der Waals surface area contributed by atoms with E-state index in [1.165, 1.54) is 125 Å². The van der Waals surface area contributed by atoms with E-state index in [4.69, 9.17) is 14.4 Å². The molecule has 0 aliphatic heterocycles. The molecule has 7 heterocycles. The SMILES string of the molecule is CCCCCCCCCCCCc1cc2c(nc3c4ccc5c6c(oc(c(=O)n23)c46)c(=O)n2c3cc(CCCCCCCCCCCC)sc3nc52)s1. The fourth-order valence-electron chi connectivity index (χ4n) is 8.59. The van der Waals surface area contributed by atoms with Gasteiger partial charge in [-0.05, 0) is 49.9 Å². The molecule has 0 bridgehead atoms. The quantitative estimate of drug-likeness (QED) is 0.0509. The second-order valence-corrected chi connectivity index (χ2v) is 17.7. The number of benzene rings is 1. The van der Waals surface area contributed by atoms with Gasteiger partial charge >= 0.3 is 11.1 Å². The van der Waals surface area contributed by atoms with E-state index in [0.29, 0.717) is 22.1 Å². The second kappa shape index (κ2) is 16.4. The average Bonchev–Trinajstić information content (AvgIpc) is 3.97. The standard InChI is InChI=1S/C44H54N4O3S2/c1-3-5-7-9-11-13-15-17-19-21-23-29-27-33-41(52-29)45-39-31-25-26-32-36-35(31)37(43(49)47(33)39)51-38(36)44(50)48-34-28-30(53-42(34)46-40(32)48)24-22-20-18-16-14-12-10-8-6-4-2/h25-28H,3-24H2,1-2H3. The largest absolute Gasteiger partial charge is 0.444 e. The molecule has 8 aromatic rings. The van der Waals surface area contributed by atoms with Crippen LogP contribution in [0, 0.1) is 0 Å². The summed E-state index contributed by atoms with van der Waals surface area (Å²) < 4.78 is 9.71. The number of fused-ring (bicyclic) bond motifs is 8. The Morgan fingerprint density at radius 1 is 0.528 bits per heavy atom. The van der Waals surface area contributed by atoms with Crippen molar-refractivity contribution in [3.8, 4) is 0 Å². The van der Waals surface area contributed by atoms with Gasteiger partial charge in [0.1, 0.15) is 21.0 Å². The summed E-state index contributed by atoms with van der Waals surface area (Å²) in [7, 11) is 0. The van der Waals surface area contributed by atoms with Gasteiger partial charge in [-0.2, -0.15) is 0 Å². The van der Waals surface area contributed by atoms with Crippen molar-refractivity contribution in [3.63, 3.8) is 0 Å². The van der Waals surface area contributed by atoms with E-state index in [1.807, 2.05) is 12.1 Å². The van der Waals surface area contributed by atoms with Crippen LogP contribution < -0.4 is 11.1 Å². The summed E-state index contributed by atoms with van der Waals surface area (Å²) in [5, 5.41) is 3.04. The molecule has 0 atom stereocenters. The van der Waals surface area contributed by atoms with Gasteiger partial charge in [0.2, 0.25) is 11.2 Å². The molecular formula is C44H54N4O3S2. The first-order chi connectivity index (χ1) is 26.1. The molecule has 0 saturated carbocycles. The molecular weight excluding hydrogens is 697 g/mol. The summed E-state index contributed by atoms with van der Waals surface area (Å²) in [5.41, 5.74) is 2.88. The Balaban J connectivity index is 0.994. The first-order valence-electron chi connectivity index (χ1n) is 20.8. The lowest BCUT2D eigenvalue weighted by molar-refractivity contribution is 0.557. The fourth-order valence-corrected chi connectivity index (χ4v) is 10.7. The van der Waals surface area contributed by atoms with Crippen LogP contribution in [0.25, 0.3) is 64.7 Å². The van der Waals surface area contributed by atoms with Crippen LogP contribution in [0.3, 0.4) is 0 Å². The van der Waals surface area contributed by atoms with Crippen LogP contribution in [0.1, 0.15) is 152 Å². The van der Waals surface area contributed by atoms with Gasteiger partial charge < -0.3 is 4.42 Å². The molecule has 0 saturated heterocycles. The molecule has 7 aromatic heterocycles. The summed E-state index contributed by atoms with van der Waals surface area (Å²) in [5.74, 6) is 0. The first kappa shape index (κ1) is 36.4. The molecule has 7 nitrogen and oxygen atoms in total. The van der Waals surface area contributed by atoms with Crippen molar-refractivity contribution >= 4 is 87.4 Å². The minimum atomic E-state index is -0.251. The van der Waals surface area contributed by atoms with Crippen molar-refractivity contribution in [1.29, 1.82) is 0 Å². The number of thiophene rings is 2. The van der Waals surface area contributed by atoms with Gasteiger partial charge in [-0.25, -0.2) is 9.97 Å². The summed E-state index contributed by atoms with van der Waals surface area (Å²) in [6.07, 6.45) is 28.3. The Morgan fingerprint density at radius 2 is 0.887 bits per heavy atom. The molecule has 0 fully saturated rings. The van der Waals surface area contributed by atoms with Gasteiger partial charge in [-0.15, -0.1) is 22.7 Å². The van der Waals surface area contributed by atoms with Crippen molar-refractivity contribution in [2.24, 2.45) is 0 Å². The molecule has 0 N–H and O–H groups in total. The summed E-state index contributed by atoms with van der Waals surface area (Å²) >= 11 is 3.38. The maximum absolute atomic E-state index is 14.2. The third-order valence-electron chi connectivity index (χ3n) is 11.5. The zero-order chi connectivity index (χ0) is 36.3. The zero-order valence-electron chi connectivity index (χ0n) is 31.7. The van der Waals surface area contributed by atoms with Crippen LogP contribution in [0.5, 0.6) is 0 Å². The third-order valence-corrected chi connectivity index (χ3v) is 13.7. The van der Waals surface area contributed by atoms with Gasteiger partial charge in [0.15, 0.2) is 0 Å². The number of furan rings is 1. The van der Waals surface area contributed by atoms with Crippen molar-refractivity contribution in [2.75, 3.05) is 0 Å². The Bertz CT molecular complexity index is 2390. The Morgan fingerprint density at radius 3 is 1.26 bits per heavy atom. The Kier molecular flexibility index (Phi) is 11.3. The summed E-state index contributed by atoms with van der Waals surface area (Å²) in [4.78, 5) is 42.6. The molecule has 0 amide bonds. The van der Waals surface area contributed by atoms with Gasteiger partial charge in [0, 0.05) is 31.3 Å². The number of imidazole rings is 2. The number of pyridine rings is 2. The van der Waals surface area contributed by atoms with Crippen LogP contribution in [0.15, 0.2) is 38.3 Å². The smallest absolute Gasteiger partial charge is 0.300 e. The van der Waals surface area contributed by atoms with Gasteiger partial charge in [-0.1, -0.05) is 129 Å². The predicted octanol–water partition coefficient (Wildman–Crippen LogP) is 13.0. The summed E-state index contributed by atoms with van der Waals surface area (Å²) in [6, 6.07) is 8.34. The molecule has 53 heavy (non-hydrogen) atoms. The third kappa shape index (κ3) is 7.08. The van der Waals surface area contributed by atoms with Crippen molar-refractivity contribution < 1.29 is 4.42 Å². The number of aromatic nitrogens is 4. The van der Waals surface area contributed by atoms with E-state index in [-0.39, 0.29) is 22.3 Å².